The maximum absolute atomic E-state index is 5.77. The predicted octanol–water partition coefficient (Wildman–Crippen LogP) is 0.750. The SMILES string of the molecule is CCC1CN(CCC(C)N)CCN1C. The summed E-state index contributed by atoms with van der Waals surface area (Å²) in [7, 11) is 2.23. The van der Waals surface area contributed by atoms with Crippen molar-refractivity contribution in [3.8, 4) is 0 Å². The third kappa shape index (κ3) is 3.56. The maximum atomic E-state index is 5.77. The van der Waals surface area contributed by atoms with Crippen molar-refractivity contribution in [2.24, 2.45) is 5.73 Å². The van der Waals surface area contributed by atoms with Crippen LogP contribution in [0.25, 0.3) is 0 Å². The second-order valence-corrected chi connectivity index (χ2v) is 4.61. The highest BCUT2D eigenvalue weighted by atomic mass is 15.3. The second-order valence-electron chi connectivity index (χ2n) is 4.61. The van der Waals surface area contributed by atoms with Gasteiger partial charge in [0.15, 0.2) is 0 Å². The molecule has 0 aromatic rings. The molecule has 2 N–H and O–H groups in total. The molecule has 0 aromatic carbocycles. The van der Waals surface area contributed by atoms with Gasteiger partial charge in [0.25, 0.3) is 0 Å². The summed E-state index contributed by atoms with van der Waals surface area (Å²) in [5.41, 5.74) is 5.77. The van der Waals surface area contributed by atoms with Gasteiger partial charge in [-0.3, -0.25) is 0 Å². The highest BCUT2D eigenvalue weighted by Crippen LogP contribution is 2.10. The number of rotatable bonds is 4. The van der Waals surface area contributed by atoms with E-state index in [0.29, 0.717) is 6.04 Å². The number of hydrogen-bond donors (Lipinski definition) is 1. The number of hydrogen-bond acceptors (Lipinski definition) is 3. The lowest BCUT2D eigenvalue weighted by Crippen LogP contribution is -2.51. The maximum Gasteiger partial charge on any atom is 0.0218 e. The molecule has 0 radical (unpaired) electrons. The Balaban J connectivity index is 2.27. The lowest BCUT2D eigenvalue weighted by molar-refractivity contribution is 0.0914. The van der Waals surface area contributed by atoms with Gasteiger partial charge in [-0.1, -0.05) is 6.92 Å². The molecule has 1 saturated heterocycles. The summed E-state index contributed by atoms with van der Waals surface area (Å²) in [6.45, 7) is 9.17. The minimum atomic E-state index is 0.342. The van der Waals surface area contributed by atoms with Gasteiger partial charge in [-0.05, 0) is 33.4 Å². The lowest BCUT2D eigenvalue weighted by Gasteiger charge is -2.39. The van der Waals surface area contributed by atoms with Crippen LogP contribution in [0.3, 0.4) is 0 Å². The molecule has 0 aliphatic carbocycles. The zero-order chi connectivity index (χ0) is 10.6. The molecule has 0 saturated carbocycles. The van der Waals surface area contributed by atoms with E-state index in [1.807, 2.05) is 0 Å². The second kappa shape index (κ2) is 5.69. The average Bonchev–Trinajstić information content (AvgIpc) is 2.16. The lowest BCUT2D eigenvalue weighted by atomic mass is 10.1. The first kappa shape index (κ1) is 12.0. The molecule has 1 heterocycles. The van der Waals surface area contributed by atoms with Crippen molar-refractivity contribution in [3.05, 3.63) is 0 Å². The van der Waals surface area contributed by atoms with Gasteiger partial charge < -0.3 is 15.5 Å². The fourth-order valence-electron chi connectivity index (χ4n) is 2.04. The van der Waals surface area contributed by atoms with E-state index in [1.54, 1.807) is 0 Å². The van der Waals surface area contributed by atoms with Gasteiger partial charge >= 0.3 is 0 Å². The minimum absolute atomic E-state index is 0.342. The Labute approximate surface area is 88.2 Å². The highest BCUT2D eigenvalue weighted by molar-refractivity contribution is 4.79. The van der Waals surface area contributed by atoms with Gasteiger partial charge in [-0.15, -0.1) is 0 Å². The third-order valence-corrected chi connectivity index (χ3v) is 3.23. The summed E-state index contributed by atoms with van der Waals surface area (Å²) in [6, 6.07) is 1.09. The van der Waals surface area contributed by atoms with E-state index >= 15 is 0 Å². The molecule has 2 unspecified atom stereocenters. The van der Waals surface area contributed by atoms with Crippen LogP contribution in [0.1, 0.15) is 26.7 Å². The number of nitrogens with two attached hydrogens (primary N) is 1. The largest absolute Gasteiger partial charge is 0.328 e. The predicted molar refractivity (Wildman–Crippen MR) is 61.4 cm³/mol. The van der Waals surface area contributed by atoms with Crippen molar-refractivity contribution < 1.29 is 0 Å². The Kier molecular flexibility index (Phi) is 4.85. The molecule has 0 amide bonds. The number of likely N-dealkylation sites (N-methyl/N-ethyl adjacent to an activating group) is 1. The van der Waals surface area contributed by atoms with E-state index in [1.165, 1.54) is 32.6 Å². The fourth-order valence-corrected chi connectivity index (χ4v) is 2.04. The molecule has 3 nitrogen and oxygen atoms in total. The van der Waals surface area contributed by atoms with Crippen LogP contribution in [-0.4, -0.2) is 55.1 Å². The number of piperazine rings is 1. The molecule has 3 heteroatoms. The smallest absolute Gasteiger partial charge is 0.0218 e. The van der Waals surface area contributed by atoms with Crippen LogP contribution in [-0.2, 0) is 0 Å². The molecular weight excluding hydrogens is 174 g/mol. The molecule has 0 aromatic heterocycles. The highest BCUT2D eigenvalue weighted by Gasteiger charge is 2.22. The van der Waals surface area contributed by atoms with Crippen molar-refractivity contribution in [3.63, 3.8) is 0 Å². The van der Waals surface area contributed by atoms with Crippen molar-refractivity contribution >= 4 is 0 Å². The van der Waals surface area contributed by atoms with Crippen LogP contribution >= 0.6 is 0 Å². The summed E-state index contributed by atoms with van der Waals surface area (Å²) in [6.07, 6.45) is 2.38. The zero-order valence-electron chi connectivity index (χ0n) is 9.87. The van der Waals surface area contributed by atoms with Gasteiger partial charge in [0.05, 0.1) is 0 Å². The van der Waals surface area contributed by atoms with Crippen molar-refractivity contribution in [1.29, 1.82) is 0 Å². The molecule has 14 heavy (non-hydrogen) atoms. The van der Waals surface area contributed by atoms with Crippen LogP contribution in [0, 0.1) is 0 Å². The van der Waals surface area contributed by atoms with Crippen LogP contribution < -0.4 is 5.73 Å². The quantitative estimate of drug-likeness (QED) is 0.725. The van der Waals surface area contributed by atoms with E-state index < -0.39 is 0 Å². The van der Waals surface area contributed by atoms with Crippen LogP contribution in [0.15, 0.2) is 0 Å². The van der Waals surface area contributed by atoms with Crippen molar-refractivity contribution in [2.75, 3.05) is 33.2 Å². The normalized spacial score (nSPS) is 27.9. The molecule has 1 aliphatic heterocycles. The standard InChI is InChI=1S/C11H25N3/c1-4-11-9-14(6-5-10(2)12)8-7-13(11)3/h10-11H,4-9,12H2,1-3H3. The third-order valence-electron chi connectivity index (χ3n) is 3.23. The molecule has 2 atom stereocenters. The summed E-state index contributed by atoms with van der Waals surface area (Å²) >= 11 is 0. The summed E-state index contributed by atoms with van der Waals surface area (Å²) < 4.78 is 0. The minimum Gasteiger partial charge on any atom is -0.328 e. The molecular formula is C11H25N3. The average molecular weight is 199 g/mol. The van der Waals surface area contributed by atoms with Gasteiger partial charge in [0.2, 0.25) is 0 Å². The Bertz CT molecular complexity index is 159. The van der Waals surface area contributed by atoms with Crippen LogP contribution in [0.4, 0.5) is 0 Å². The van der Waals surface area contributed by atoms with E-state index in [4.69, 9.17) is 5.73 Å². The van der Waals surface area contributed by atoms with E-state index in [2.05, 4.69) is 30.7 Å². The summed E-state index contributed by atoms with van der Waals surface area (Å²) in [5, 5.41) is 0. The topological polar surface area (TPSA) is 32.5 Å². The van der Waals surface area contributed by atoms with Crippen molar-refractivity contribution in [2.45, 2.75) is 38.8 Å². The van der Waals surface area contributed by atoms with Gasteiger partial charge in [0.1, 0.15) is 0 Å². The molecule has 1 fully saturated rings. The summed E-state index contributed by atoms with van der Waals surface area (Å²) in [5.74, 6) is 0. The Morgan fingerprint density at radius 1 is 1.43 bits per heavy atom. The van der Waals surface area contributed by atoms with Crippen LogP contribution in [0.5, 0.6) is 0 Å². The van der Waals surface area contributed by atoms with Gasteiger partial charge in [-0.25, -0.2) is 0 Å². The molecule has 1 rings (SSSR count). The monoisotopic (exact) mass is 199 g/mol. The van der Waals surface area contributed by atoms with E-state index in [-0.39, 0.29) is 0 Å². The fraction of sp³-hybridized carbons (Fsp3) is 1.00. The first-order valence-corrected chi connectivity index (χ1v) is 5.81. The Morgan fingerprint density at radius 3 is 2.71 bits per heavy atom. The molecule has 1 aliphatic rings. The Morgan fingerprint density at radius 2 is 2.14 bits per heavy atom. The van der Waals surface area contributed by atoms with Gasteiger partial charge in [0, 0.05) is 31.7 Å². The Hall–Kier alpha value is -0.120. The number of nitrogens with zero attached hydrogens (tertiary/aromatic N) is 2. The zero-order valence-corrected chi connectivity index (χ0v) is 9.87. The van der Waals surface area contributed by atoms with E-state index in [0.717, 1.165) is 12.5 Å². The molecule has 0 bridgehead atoms. The van der Waals surface area contributed by atoms with Gasteiger partial charge in [-0.2, -0.15) is 0 Å². The van der Waals surface area contributed by atoms with E-state index in [9.17, 15) is 0 Å². The first-order valence-electron chi connectivity index (χ1n) is 5.81. The van der Waals surface area contributed by atoms with Crippen molar-refractivity contribution in [1.82, 2.24) is 9.80 Å². The first-order chi connectivity index (χ1) is 6.63. The molecule has 0 spiro atoms. The summed E-state index contributed by atoms with van der Waals surface area (Å²) in [4.78, 5) is 5.03. The molecule has 84 valence electrons. The van der Waals surface area contributed by atoms with Crippen LogP contribution in [0.2, 0.25) is 0 Å².